The molecule has 1 saturated carbocycles. The number of benzene rings is 2. The number of hydrogen-bond donors (Lipinski definition) is 2. The van der Waals surface area contributed by atoms with E-state index >= 15 is 0 Å². The first-order valence-electron chi connectivity index (χ1n) is 8.74. The molecule has 2 amide bonds. The monoisotopic (exact) mass is 324 g/mol. The molecule has 1 aliphatic carbocycles. The van der Waals surface area contributed by atoms with E-state index in [2.05, 4.69) is 34.9 Å². The SMILES string of the molecule is O=CC(Cc1ccc2ccccc2c1)NC(=O)NC1CCCCC1. The Hall–Kier alpha value is -2.36. The average Bonchev–Trinajstić information content (AvgIpc) is 2.62. The minimum atomic E-state index is -0.505. The van der Waals surface area contributed by atoms with Crippen molar-refractivity contribution in [1.29, 1.82) is 0 Å². The second-order valence-corrected chi connectivity index (χ2v) is 6.58. The van der Waals surface area contributed by atoms with Gasteiger partial charge in [0.2, 0.25) is 0 Å². The lowest BCUT2D eigenvalue weighted by Crippen LogP contribution is -2.48. The predicted octanol–water partition coefficient (Wildman–Crippen LogP) is 3.58. The summed E-state index contributed by atoms with van der Waals surface area (Å²) in [6.45, 7) is 0. The van der Waals surface area contributed by atoms with Gasteiger partial charge >= 0.3 is 6.03 Å². The van der Waals surface area contributed by atoms with Crippen LogP contribution in [0.4, 0.5) is 4.79 Å². The van der Waals surface area contributed by atoms with Gasteiger partial charge in [-0.3, -0.25) is 0 Å². The van der Waals surface area contributed by atoms with Crippen LogP contribution in [-0.4, -0.2) is 24.4 Å². The molecule has 4 nitrogen and oxygen atoms in total. The first-order chi connectivity index (χ1) is 11.7. The van der Waals surface area contributed by atoms with E-state index in [0.29, 0.717) is 6.42 Å². The predicted molar refractivity (Wildman–Crippen MR) is 96.0 cm³/mol. The maximum atomic E-state index is 12.1. The fraction of sp³-hybridized carbons (Fsp3) is 0.400. The van der Waals surface area contributed by atoms with Crippen LogP contribution in [0.1, 0.15) is 37.7 Å². The maximum Gasteiger partial charge on any atom is 0.315 e. The Bertz CT molecular complexity index is 708. The lowest BCUT2D eigenvalue weighted by molar-refractivity contribution is -0.109. The average molecular weight is 324 g/mol. The van der Waals surface area contributed by atoms with Gasteiger partial charge in [-0.05, 0) is 35.6 Å². The first kappa shape index (κ1) is 16.5. The number of carbonyl (C=O) groups is 2. The van der Waals surface area contributed by atoms with E-state index in [0.717, 1.165) is 30.1 Å². The molecule has 1 atom stereocenters. The van der Waals surface area contributed by atoms with Gasteiger partial charge in [0.25, 0.3) is 0 Å². The molecule has 3 rings (SSSR count). The van der Waals surface area contributed by atoms with Gasteiger partial charge in [-0.25, -0.2) is 4.79 Å². The summed E-state index contributed by atoms with van der Waals surface area (Å²) >= 11 is 0. The van der Waals surface area contributed by atoms with E-state index in [1.807, 2.05) is 18.2 Å². The summed E-state index contributed by atoms with van der Waals surface area (Å²) in [6, 6.07) is 13.8. The lowest BCUT2D eigenvalue weighted by atomic mass is 9.96. The molecule has 0 radical (unpaired) electrons. The van der Waals surface area contributed by atoms with Gasteiger partial charge in [0.15, 0.2) is 0 Å². The summed E-state index contributed by atoms with van der Waals surface area (Å²) in [5.74, 6) is 0. The Labute approximate surface area is 142 Å². The molecule has 2 aromatic carbocycles. The van der Waals surface area contributed by atoms with Gasteiger partial charge in [-0.2, -0.15) is 0 Å². The van der Waals surface area contributed by atoms with Crippen LogP contribution in [0.5, 0.6) is 0 Å². The molecule has 0 heterocycles. The van der Waals surface area contributed by atoms with E-state index in [1.165, 1.54) is 24.6 Å². The Morgan fingerprint density at radius 1 is 1.08 bits per heavy atom. The molecule has 4 heteroatoms. The fourth-order valence-electron chi connectivity index (χ4n) is 3.40. The quantitative estimate of drug-likeness (QED) is 0.826. The lowest BCUT2D eigenvalue weighted by Gasteiger charge is -2.24. The molecule has 0 saturated heterocycles. The number of carbonyl (C=O) groups excluding carboxylic acids is 2. The van der Waals surface area contributed by atoms with Crippen LogP contribution in [0.25, 0.3) is 10.8 Å². The molecule has 2 N–H and O–H groups in total. The van der Waals surface area contributed by atoms with Crippen molar-refractivity contribution < 1.29 is 9.59 Å². The van der Waals surface area contributed by atoms with Gasteiger partial charge in [0, 0.05) is 6.04 Å². The first-order valence-corrected chi connectivity index (χ1v) is 8.74. The molecule has 1 unspecified atom stereocenters. The largest absolute Gasteiger partial charge is 0.335 e. The zero-order chi connectivity index (χ0) is 16.8. The van der Waals surface area contributed by atoms with Crippen molar-refractivity contribution in [2.75, 3.05) is 0 Å². The molecule has 0 bridgehead atoms. The molecular formula is C20H24N2O2. The summed E-state index contributed by atoms with van der Waals surface area (Å²) in [5, 5.41) is 8.10. The third kappa shape index (κ3) is 4.34. The maximum absolute atomic E-state index is 12.1. The molecule has 0 aliphatic heterocycles. The zero-order valence-corrected chi connectivity index (χ0v) is 13.8. The molecular weight excluding hydrogens is 300 g/mol. The number of urea groups is 1. The van der Waals surface area contributed by atoms with Crippen LogP contribution in [0.15, 0.2) is 42.5 Å². The third-order valence-corrected chi connectivity index (χ3v) is 4.69. The van der Waals surface area contributed by atoms with Gasteiger partial charge in [0.1, 0.15) is 6.29 Å². The Morgan fingerprint density at radius 2 is 1.83 bits per heavy atom. The van der Waals surface area contributed by atoms with Crippen LogP contribution >= 0.6 is 0 Å². The van der Waals surface area contributed by atoms with E-state index in [9.17, 15) is 9.59 Å². The highest BCUT2D eigenvalue weighted by Gasteiger charge is 2.18. The number of aldehydes is 1. The van der Waals surface area contributed by atoms with Gasteiger partial charge < -0.3 is 15.4 Å². The van der Waals surface area contributed by atoms with E-state index in [1.54, 1.807) is 0 Å². The Morgan fingerprint density at radius 3 is 2.58 bits per heavy atom. The second kappa shape index (κ2) is 7.95. The van der Waals surface area contributed by atoms with Gasteiger partial charge in [-0.1, -0.05) is 61.7 Å². The molecule has 0 aromatic heterocycles. The van der Waals surface area contributed by atoms with Crippen molar-refractivity contribution in [2.24, 2.45) is 0 Å². The summed E-state index contributed by atoms with van der Waals surface area (Å²) in [5.41, 5.74) is 1.05. The highest BCUT2D eigenvalue weighted by molar-refractivity contribution is 5.83. The van der Waals surface area contributed by atoms with Crippen molar-refractivity contribution in [2.45, 2.75) is 50.6 Å². The number of nitrogens with one attached hydrogen (secondary N) is 2. The minimum absolute atomic E-state index is 0.236. The van der Waals surface area contributed by atoms with Crippen LogP contribution in [0.3, 0.4) is 0 Å². The Kier molecular flexibility index (Phi) is 5.47. The zero-order valence-electron chi connectivity index (χ0n) is 13.8. The minimum Gasteiger partial charge on any atom is -0.335 e. The smallest absolute Gasteiger partial charge is 0.315 e. The molecule has 24 heavy (non-hydrogen) atoms. The molecule has 2 aromatic rings. The standard InChI is InChI=1S/C20H24N2O2/c23-14-19(22-20(24)21-18-8-2-1-3-9-18)13-15-10-11-16-6-4-5-7-17(16)12-15/h4-7,10-12,14,18-19H,1-3,8-9,13H2,(H2,21,22,24). The van der Waals surface area contributed by atoms with Crippen molar-refractivity contribution in [3.63, 3.8) is 0 Å². The van der Waals surface area contributed by atoms with Crippen LogP contribution in [0.2, 0.25) is 0 Å². The van der Waals surface area contributed by atoms with Crippen molar-refractivity contribution >= 4 is 23.1 Å². The molecule has 1 fully saturated rings. The highest BCUT2D eigenvalue weighted by atomic mass is 16.2. The molecule has 0 spiro atoms. The topological polar surface area (TPSA) is 58.2 Å². The highest BCUT2D eigenvalue weighted by Crippen LogP contribution is 2.18. The third-order valence-electron chi connectivity index (χ3n) is 4.69. The number of hydrogen-bond acceptors (Lipinski definition) is 2. The van der Waals surface area contributed by atoms with E-state index < -0.39 is 6.04 Å². The van der Waals surface area contributed by atoms with Crippen molar-refractivity contribution in [3.8, 4) is 0 Å². The normalized spacial score (nSPS) is 16.5. The molecule has 1 aliphatic rings. The van der Waals surface area contributed by atoms with Crippen LogP contribution < -0.4 is 10.6 Å². The van der Waals surface area contributed by atoms with E-state index in [-0.39, 0.29) is 12.1 Å². The summed E-state index contributed by atoms with van der Waals surface area (Å²) in [6.07, 6.45) is 6.97. The summed E-state index contributed by atoms with van der Waals surface area (Å²) in [4.78, 5) is 23.5. The van der Waals surface area contributed by atoms with Crippen molar-refractivity contribution in [3.05, 3.63) is 48.0 Å². The summed E-state index contributed by atoms with van der Waals surface area (Å²) in [7, 11) is 0. The van der Waals surface area contributed by atoms with E-state index in [4.69, 9.17) is 0 Å². The van der Waals surface area contributed by atoms with Gasteiger partial charge in [0.05, 0.1) is 6.04 Å². The molecule has 126 valence electrons. The fourth-order valence-corrected chi connectivity index (χ4v) is 3.40. The number of rotatable bonds is 5. The van der Waals surface area contributed by atoms with Crippen molar-refractivity contribution in [1.82, 2.24) is 10.6 Å². The summed E-state index contributed by atoms with van der Waals surface area (Å²) < 4.78 is 0. The van der Waals surface area contributed by atoms with Crippen LogP contribution in [0, 0.1) is 0 Å². The number of amides is 2. The Balaban J connectivity index is 1.58. The van der Waals surface area contributed by atoms with Gasteiger partial charge in [-0.15, -0.1) is 0 Å². The number of fused-ring (bicyclic) bond motifs is 1. The van der Waals surface area contributed by atoms with Crippen LogP contribution in [-0.2, 0) is 11.2 Å². The second-order valence-electron chi connectivity index (χ2n) is 6.58.